The van der Waals surface area contributed by atoms with Crippen LogP contribution in [0.4, 0.5) is 24.5 Å². The van der Waals surface area contributed by atoms with Crippen LogP contribution in [0.2, 0.25) is 0 Å². The Morgan fingerprint density at radius 3 is 2.62 bits per heavy atom. The lowest BCUT2D eigenvalue weighted by Gasteiger charge is -2.11. The maximum Gasteiger partial charge on any atom is 0.416 e. The molecule has 4 nitrogen and oxygen atoms in total. The van der Waals surface area contributed by atoms with E-state index in [4.69, 9.17) is 10.2 Å². The molecule has 3 N–H and O–H groups in total. The van der Waals surface area contributed by atoms with Gasteiger partial charge in [-0.1, -0.05) is 0 Å². The summed E-state index contributed by atoms with van der Waals surface area (Å²) in [6.45, 7) is 0. The van der Waals surface area contributed by atoms with Crippen LogP contribution in [0.1, 0.15) is 17.7 Å². The molecule has 2 aromatic rings. The van der Waals surface area contributed by atoms with E-state index in [9.17, 15) is 18.0 Å². The number of carbonyl (C=O) groups excluding carboxylic acids is 1. The average molecular weight is 298 g/mol. The molecule has 7 heteroatoms. The second kappa shape index (κ2) is 5.90. The number of hydrogen-bond acceptors (Lipinski definition) is 3. The third-order valence-electron chi connectivity index (χ3n) is 2.83. The van der Waals surface area contributed by atoms with E-state index in [1.807, 2.05) is 0 Å². The Morgan fingerprint density at radius 2 is 2.05 bits per heavy atom. The highest BCUT2D eigenvalue weighted by molar-refractivity contribution is 5.93. The number of anilines is 2. The molecule has 112 valence electrons. The van der Waals surface area contributed by atoms with Crippen LogP contribution in [0.5, 0.6) is 0 Å². The summed E-state index contributed by atoms with van der Waals surface area (Å²) in [4.78, 5) is 11.7. The van der Waals surface area contributed by atoms with E-state index in [2.05, 4.69) is 5.32 Å². The number of rotatable bonds is 4. The third-order valence-corrected chi connectivity index (χ3v) is 2.83. The van der Waals surface area contributed by atoms with Gasteiger partial charge >= 0.3 is 6.18 Å². The van der Waals surface area contributed by atoms with E-state index in [0.717, 1.165) is 18.2 Å². The standard InChI is InChI=1S/C14H13F3N2O2/c15-14(16,17)9-3-5-12(11(18)8-9)19-13(20)6-4-10-2-1-7-21-10/h1-3,5,7-8H,4,6,18H2,(H,19,20). The highest BCUT2D eigenvalue weighted by Gasteiger charge is 2.30. The SMILES string of the molecule is Nc1cc(C(F)(F)F)ccc1NC(=O)CCc1ccco1. The topological polar surface area (TPSA) is 68.3 Å². The molecule has 0 atom stereocenters. The first-order valence-electron chi connectivity index (χ1n) is 6.15. The number of nitrogen functional groups attached to an aromatic ring is 1. The molecule has 0 bridgehead atoms. The number of halogens is 3. The molecule has 0 unspecified atom stereocenters. The zero-order valence-electron chi connectivity index (χ0n) is 10.9. The van der Waals surface area contributed by atoms with Gasteiger partial charge in [-0.05, 0) is 30.3 Å². The summed E-state index contributed by atoms with van der Waals surface area (Å²) >= 11 is 0. The Bertz CT molecular complexity index is 622. The Hall–Kier alpha value is -2.44. The van der Waals surface area contributed by atoms with Gasteiger partial charge in [0, 0.05) is 12.8 Å². The lowest BCUT2D eigenvalue weighted by Crippen LogP contribution is -2.14. The third kappa shape index (κ3) is 4.01. The maximum atomic E-state index is 12.5. The summed E-state index contributed by atoms with van der Waals surface area (Å²) < 4.78 is 42.5. The number of alkyl halides is 3. The number of nitrogens with one attached hydrogen (secondary N) is 1. The van der Waals surface area contributed by atoms with E-state index in [0.29, 0.717) is 12.2 Å². The summed E-state index contributed by atoms with van der Waals surface area (Å²) in [5.74, 6) is 0.309. The van der Waals surface area contributed by atoms with Crippen LogP contribution < -0.4 is 11.1 Å². The first-order valence-corrected chi connectivity index (χ1v) is 6.15. The molecule has 1 heterocycles. The van der Waals surface area contributed by atoms with Crippen molar-refractivity contribution in [2.75, 3.05) is 11.1 Å². The molecule has 0 aliphatic heterocycles. The van der Waals surface area contributed by atoms with Crippen molar-refractivity contribution in [3.8, 4) is 0 Å². The first kappa shape index (κ1) is 15.0. The quantitative estimate of drug-likeness (QED) is 0.849. The number of aryl methyl sites for hydroxylation is 1. The van der Waals surface area contributed by atoms with Crippen molar-refractivity contribution in [2.24, 2.45) is 0 Å². The molecule has 0 radical (unpaired) electrons. The van der Waals surface area contributed by atoms with Gasteiger partial charge in [-0.2, -0.15) is 13.2 Å². The molecule has 1 aromatic heterocycles. The minimum atomic E-state index is -4.46. The predicted octanol–water partition coefficient (Wildman–Crippen LogP) is 3.45. The van der Waals surface area contributed by atoms with Gasteiger partial charge in [0.25, 0.3) is 0 Å². The Labute approximate surface area is 118 Å². The molecular formula is C14H13F3N2O2. The van der Waals surface area contributed by atoms with Crippen molar-refractivity contribution >= 4 is 17.3 Å². The van der Waals surface area contributed by atoms with Gasteiger partial charge in [-0.15, -0.1) is 0 Å². The molecule has 0 fully saturated rings. The largest absolute Gasteiger partial charge is 0.469 e. The highest BCUT2D eigenvalue weighted by Crippen LogP contribution is 2.32. The first-order chi connectivity index (χ1) is 9.86. The summed E-state index contributed by atoms with van der Waals surface area (Å²) in [6, 6.07) is 6.25. The number of furan rings is 1. The van der Waals surface area contributed by atoms with E-state index < -0.39 is 11.7 Å². The zero-order chi connectivity index (χ0) is 15.5. The van der Waals surface area contributed by atoms with Crippen molar-refractivity contribution in [3.63, 3.8) is 0 Å². The van der Waals surface area contributed by atoms with Crippen LogP contribution in [0.25, 0.3) is 0 Å². The van der Waals surface area contributed by atoms with E-state index in [1.54, 1.807) is 12.1 Å². The molecule has 0 spiro atoms. The molecule has 2 rings (SSSR count). The molecular weight excluding hydrogens is 285 g/mol. The van der Waals surface area contributed by atoms with E-state index in [-0.39, 0.29) is 23.7 Å². The zero-order valence-corrected chi connectivity index (χ0v) is 10.9. The van der Waals surface area contributed by atoms with Gasteiger partial charge in [-0.3, -0.25) is 4.79 Å². The summed E-state index contributed by atoms with van der Waals surface area (Å²) in [5.41, 5.74) is 4.70. The van der Waals surface area contributed by atoms with E-state index in [1.165, 1.54) is 6.26 Å². The second-order valence-corrected chi connectivity index (χ2v) is 4.43. The van der Waals surface area contributed by atoms with Gasteiger partial charge in [-0.25, -0.2) is 0 Å². The van der Waals surface area contributed by atoms with Crippen molar-refractivity contribution in [3.05, 3.63) is 47.9 Å². The van der Waals surface area contributed by atoms with Crippen LogP contribution >= 0.6 is 0 Å². The fourth-order valence-electron chi connectivity index (χ4n) is 1.76. The normalized spacial score (nSPS) is 11.4. The number of benzene rings is 1. The lowest BCUT2D eigenvalue weighted by molar-refractivity contribution is -0.137. The van der Waals surface area contributed by atoms with Gasteiger partial charge in [0.05, 0.1) is 23.2 Å². The predicted molar refractivity (Wildman–Crippen MR) is 71.5 cm³/mol. The number of amides is 1. The Balaban J connectivity index is 1.97. The van der Waals surface area contributed by atoms with Gasteiger partial charge < -0.3 is 15.5 Å². The summed E-state index contributed by atoms with van der Waals surface area (Å²) in [7, 11) is 0. The van der Waals surface area contributed by atoms with Crippen molar-refractivity contribution in [1.29, 1.82) is 0 Å². The van der Waals surface area contributed by atoms with Gasteiger partial charge in [0.15, 0.2) is 0 Å². The number of carbonyl (C=O) groups is 1. The summed E-state index contributed by atoms with van der Waals surface area (Å²) in [5, 5.41) is 2.48. The van der Waals surface area contributed by atoms with Crippen LogP contribution in [0.3, 0.4) is 0 Å². The van der Waals surface area contributed by atoms with Crippen LogP contribution in [-0.2, 0) is 17.4 Å². The molecule has 0 saturated carbocycles. The van der Waals surface area contributed by atoms with Crippen LogP contribution in [-0.4, -0.2) is 5.91 Å². The summed E-state index contributed by atoms with van der Waals surface area (Å²) in [6.07, 6.45) is -2.41. The Morgan fingerprint density at radius 1 is 1.29 bits per heavy atom. The average Bonchev–Trinajstić information content (AvgIpc) is 2.91. The van der Waals surface area contributed by atoms with Gasteiger partial charge in [0.2, 0.25) is 5.91 Å². The molecule has 21 heavy (non-hydrogen) atoms. The molecule has 0 aliphatic rings. The fraction of sp³-hybridized carbons (Fsp3) is 0.214. The van der Waals surface area contributed by atoms with Crippen molar-refractivity contribution in [2.45, 2.75) is 19.0 Å². The van der Waals surface area contributed by atoms with Gasteiger partial charge in [0.1, 0.15) is 5.76 Å². The fourth-order valence-corrected chi connectivity index (χ4v) is 1.76. The minimum absolute atomic E-state index is 0.129. The molecule has 1 aromatic carbocycles. The van der Waals surface area contributed by atoms with Crippen LogP contribution in [0, 0.1) is 0 Å². The minimum Gasteiger partial charge on any atom is -0.469 e. The van der Waals surface area contributed by atoms with E-state index >= 15 is 0 Å². The Kier molecular flexibility index (Phi) is 4.21. The number of nitrogens with two attached hydrogens (primary N) is 1. The van der Waals surface area contributed by atoms with Crippen molar-refractivity contribution in [1.82, 2.24) is 0 Å². The maximum absolute atomic E-state index is 12.5. The highest BCUT2D eigenvalue weighted by atomic mass is 19.4. The monoisotopic (exact) mass is 298 g/mol. The lowest BCUT2D eigenvalue weighted by atomic mass is 10.1. The van der Waals surface area contributed by atoms with Crippen LogP contribution in [0.15, 0.2) is 41.0 Å². The molecule has 0 saturated heterocycles. The molecule has 0 aliphatic carbocycles. The van der Waals surface area contributed by atoms with Crippen molar-refractivity contribution < 1.29 is 22.4 Å². The molecule has 1 amide bonds. The number of hydrogen-bond donors (Lipinski definition) is 2. The second-order valence-electron chi connectivity index (χ2n) is 4.43. The smallest absolute Gasteiger partial charge is 0.416 e.